The van der Waals surface area contributed by atoms with Crippen LogP contribution in [0.4, 0.5) is 0 Å². The molecule has 3 fully saturated rings. The molecule has 0 spiro atoms. The topological polar surface area (TPSA) is 12.0 Å². The Morgan fingerprint density at radius 3 is 1.67 bits per heavy atom. The van der Waals surface area contributed by atoms with E-state index in [0.717, 1.165) is 35.8 Å². The molecule has 0 aromatic carbocycles. The first-order valence-corrected chi connectivity index (χ1v) is 7.00. The molecule has 0 radical (unpaired) electrons. The van der Waals surface area contributed by atoms with Gasteiger partial charge in [-0.25, -0.2) is 0 Å². The third-order valence-electron chi connectivity index (χ3n) is 5.31. The molecule has 3 aliphatic rings. The molecule has 0 bridgehead atoms. The van der Waals surface area contributed by atoms with Gasteiger partial charge in [-0.3, -0.25) is 0 Å². The minimum Gasteiger partial charge on any atom is -0.311 e. The maximum absolute atomic E-state index is 3.96. The van der Waals surface area contributed by atoms with Gasteiger partial charge in [0.25, 0.3) is 0 Å². The molecular weight excluding hydrogens is 182 g/mol. The zero-order valence-electron chi connectivity index (χ0n) is 10.2. The fourth-order valence-electron chi connectivity index (χ4n) is 4.49. The van der Waals surface area contributed by atoms with E-state index in [1.165, 1.54) is 38.5 Å². The number of rotatable bonds is 0. The lowest BCUT2D eigenvalue weighted by molar-refractivity contribution is 0.187. The first-order valence-electron chi connectivity index (χ1n) is 7.00. The SMILES string of the molecule is CC1CCC2C(C1)NC1CC(C)CCC12. The van der Waals surface area contributed by atoms with Crippen molar-refractivity contribution < 1.29 is 0 Å². The Hall–Kier alpha value is -0.0400. The molecule has 2 aliphatic carbocycles. The summed E-state index contributed by atoms with van der Waals surface area (Å²) >= 11 is 0. The number of nitrogens with one attached hydrogen (secondary N) is 1. The highest BCUT2D eigenvalue weighted by molar-refractivity contribution is 5.02. The lowest BCUT2D eigenvalue weighted by atomic mass is 9.70. The Kier molecular flexibility index (Phi) is 2.54. The average molecular weight is 207 g/mol. The van der Waals surface area contributed by atoms with E-state index in [4.69, 9.17) is 0 Å². The van der Waals surface area contributed by atoms with Crippen molar-refractivity contribution in [2.45, 2.75) is 64.5 Å². The lowest BCUT2D eigenvalue weighted by Crippen LogP contribution is -2.36. The van der Waals surface area contributed by atoms with Crippen LogP contribution in [-0.2, 0) is 0 Å². The lowest BCUT2D eigenvalue weighted by Gasteiger charge is -2.34. The predicted octanol–water partition coefficient (Wildman–Crippen LogP) is 3.20. The highest BCUT2D eigenvalue weighted by atomic mass is 15.0. The van der Waals surface area contributed by atoms with E-state index in [0.29, 0.717) is 0 Å². The molecule has 0 aromatic rings. The molecule has 15 heavy (non-hydrogen) atoms. The Morgan fingerprint density at radius 2 is 1.20 bits per heavy atom. The zero-order valence-corrected chi connectivity index (χ0v) is 10.2. The molecule has 1 nitrogen and oxygen atoms in total. The molecule has 0 amide bonds. The average Bonchev–Trinajstić information content (AvgIpc) is 2.53. The molecule has 1 aliphatic heterocycles. The zero-order chi connectivity index (χ0) is 10.4. The van der Waals surface area contributed by atoms with Crippen LogP contribution in [0.3, 0.4) is 0 Å². The van der Waals surface area contributed by atoms with Gasteiger partial charge in [0.15, 0.2) is 0 Å². The third kappa shape index (κ3) is 1.73. The fourth-order valence-corrected chi connectivity index (χ4v) is 4.49. The first-order chi connectivity index (χ1) is 7.24. The van der Waals surface area contributed by atoms with Crippen LogP contribution in [0.2, 0.25) is 0 Å². The van der Waals surface area contributed by atoms with Crippen molar-refractivity contribution in [2.75, 3.05) is 0 Å². The van der Waals surface area contributed by atoms with Crippen molar-refractivity contribution in [3.8, 4) is 0 Å². The normalized spacial score (nSPS) is 54.8. The quantitative estimate of drug-likeness (QED) is 0.643. The van der Waals surface area contributed by atoms with Gasteiger partial charge in [-0.15, -0.1) is 0 Å². The van der Waals surface area contributed by atoms with E-state index in [2.05, 4.69) is 19.2 Å². The van der Waals surface area contributed by atoms with E-state index in [1.807, 2.05) is 0 Å². The smallest absolute Gasteiger partial charge is 0.0104 e. The molecular formula is C14H25N. The highest BCUT2D eigenvalue weighted by Crippen LogP contribution is 2.46. The van der Waals surface area contributed by atoms with E-state index in [9.17, 15) is 0 Å². The molecule has 0 aromatic heterocycles. The summed E-state index contributed by atoms with van der Waals surface area (Å²) in [6, 6.07) is 1.77. The summed E-state index contributed by atoms with van der Waals surface area (Å²) in [6.07, 6.45) is 8.89. The monoisotopic (exact) mass is 207 g/mol. The van der Waals surface area contributed by atoms with Crippen LogP contribution in [0.1, 0.15) is 52.4 Å². The van der Waals surface area contributed by atoms with Crippen molar-refractivity contribution in [2.24, 2.45) is 23.7 Å². The maximum Gasteiger partial charge on any atom is 0.0104 e. The van der Waals surface area contributed by atoms with Gasteiger partial charge in [-0.05, 0) is 49.4 Å². The predicted molar refractivity (Wildman–Crippen MR) is 63.7 cm³/mol. The van der Waals surface area contributed by atoms with Gasteiger partial charge >= 0.3 is 0 Å². The van der Waals surface area contributed by atoms with Gasteiger partial charge in [0.05, 0.1) is 0 Å². The van der Waals surface area contributed by atoms with Gasteiger partial charge in [-0.2, -0.15) is 0 Å². The minimum absolute atomic E-state index is 0.883. The van der Waals surface area contributed by atoms with Crippen LogP contribution in [0, 0.1) is 23.7 Å². The Balaban J connectivity index is 1.72. The Morgan fingerprint density at radius 1 is 0.733 bits per heavy atom. The summed E-state index contributed by atoms with van der Waals surface area (Å²) in [6.45, 7) is 4.87. The van der Waals surface area contributed by atoms with Gasteiger partial charge < -0.3 is 5.32 Å². The van der Waals surface area contributed by atoms with Crippen LogP contribution in [0.5, 0.6) is 0 Å². The Labute approximate surface area is 94.0 Å². The molecule has 6 unspecified atom stereocenters. The molecule has 1 heterocycles. The second-order valence-electron chi connectivity index (χ2n) is 6.54. The van der Waals surface area contributed by atoms with Gasteiger partial charge in [0.2, 0.25) is 0 Å². The van der Waals surface area contributed by atoms with Crippen molar-refractivity contribution in [3.63, 3.8) is 0 Å². The number of hydrogen-bond donors (Lipinski definition) is 1. The summed E-state index contributed by atoms with van der Waals surface area (Å²) in [5.74, 6) is 4.02. The molecule has 6 atom stereocenters. The first kappa shape index (κ1) is 10.1. The maximum atomic E-state index is 3.96. The van der Waals surface area contributed by atoms with Crippen LogP contribution < -0.4 is 5.32 Å². The molecule has 3 rings (SSSR count). The molecule has 1 N–H and O–H groups in total. The van der Waals surface area contributed by atoms with Gasteiger partial charge in [-0.1, -0.05) is 26.7 Å². The van der Waals surface area contributed by atoms with Gasteiger partial charge in [0.1, 0.15) is 0 Å². The number of hydrogen-bond acceptors (Lipinski definition) is 1. The van der Waals surface area contributed by atoms with Crippen molar-refractivity contribution in [3.05, 3.63) is 0 Å². The second-order valence-corrected chi connectivity index (χ2v) is 6.54. The van der Waals surface area contributed by atoms with Crippen molar-refractivity contribution >= 4 is 0 Å². The molecule has 86 valence electrons. The van der Waals surface area contributed by atoms with Crippen molar-refractivity contribution in [1.29, 1.82) is 0 Å². The van der Waals surface area contributed by atoms with E-state index in [-0.39, 0.29) is 0 Å². The van der Waals surface area contributed by atoms with E-state index >= 15 is 0 Å². The molecule has 2 saturated carbocycles. The number of fused-ring (bicyclic) bond motifs is 3. The summed E-state index contributed by atoms with van der Waals surface area (Å²) < 4.78 is 0. The second kappa shape index (κ2) is 3.76. The fraction of sp³-hybridized carbons (Fsp3) is 1.00. The largest absolute Gasteiger partial charge is 0.311 e. The van der Waals surface area contributed by atoms with Gasteiger partial charge in [0, 0.05) is 12.1 Å². The summed E-state index contributed by atoms with van der Waals surface area (Å²) in [5.41, 5.74) is 0. The molecule has 1 heteroatoms. The van der Waals surface area contributed by atoms with Crippen LogP contribution in [0.25, 0.3) is 0 Å². The summed E-state index contributed by atoms with van der Waals surface area (Å²) in [4.78, 5) is 0. The summed E-state index contributed by atoms with van der Waals surface area (Å²) in [7, 11) is 0. The van der Waals surface area contributed by atoms with E-state index in [1.54, 1.807) is 0 Å². The van der Waals surface area contributed by atoms with Crippen LogP contribution >= 0.6 is 0 Å². The third-order valence-corrected chi connectivity index (χ3v) is 5.31. The minimum atomic E-state index is 0.883. The van der Waals surface area contributed by atoms with Crippen molar-refractivity contribution in [1.82, 2.24) is 5.32 Å². The highest BCUT2D eigenvalue weighted by Gasteiger charge is 2.46. The molecule has 1 saturated heterocycles. The van der Waals surface area contributed by atoms with Crippen LogP contribution in [-0.4, -0.2) is 12.1 Å². The Bertz CT molecular complexity index is 213. The van der Waals surface area contributed by atoms with E-state index < -0.39 is 0 Å². The summed E-state index contributed by atoms with van der Waals surface area (Å²) in [5, 5.41) is 3.96. The standard InChI is InChI=1S/C14H25N/c1-9-3-5-11-12-6-4-10(2)8-14(12)15-13(11)7-9/h9-15H,3-8H2,1-2H3. The van der Waals surface area contributed by atoms with Crippen LogP contribution in [0.15, 0.2) is 0 Å².